The van der Waals surface area contributed by atoms with Crippen molar-refractivity contribution in [1.82, 2.24) is 15.5 Å². The largest absolute Gasteiger partial charge is 0.480 e. The monoisotopic (exact) mass is 376 g/mol. The van der Waals surface area contributed by atoms with Gasteiger partial charge in [0, 0.05) is 29.4 Å². The number of carboxylic acid groups (broad SMARTS) is 1. The van der Waals surface area contributed by atoms with Crippen molar-refractivity contribution in [2.75, 3.05) is 18.4 Å². The molecule has 8 nitrogen and oxygen atoms in total. The van der Waals surface area contributed by atoms with Crippen LogP contribution in [0.1, 0.15) is 44.0 Å². The molecular weight excluding hydrogens is 348 g/mol. The Balaban J connectivity index is 1.77. The van der Waals surface area contributed by atoms with Crippen molar-refractivity contribution in [3.8, 4) is 0 Å². The molecule has 0 heterocycles. The molecule has 0 atom stereocenters. The average molecular weight is 376 g/mol. The van der Waals surface area contributed by atoms with Crippen LogP contribution < -0.4 is 16.0 Å². The van der Waals surface area contributed by atoms with Crippen molar-refractivity contribution >= 4 is 23.6 Å². The summed E-state index contributed by atoms with van der Waals surface area (Å²) in [6.45, 7) is 6.42. The molecule has 2 rings (SSSR count). The van der Waals surface area contributed by atoms with Gasteiger partial charge in [-0.15, -0.1) is 0 Å². The molecule has 0 saturated heterocycles. The summed E-state index contributed by atoms with van der Waals surface area (Å²) in [5.41, 5.74) is 1.14. The van der Waals surface area contributed by atoms with Gasteiger partial charge in [-0.2, -0.15) is 0 Å². The van der Waals surface area contributed by atoms with E-state index < -0.39 is 5.97 Å². The maximum absolute atomic E-state index is 12.1. The maximum Gasteiger partial charge on any atom is 0.319 e. The molecule has 1 aromatic carbocycles. The topological polar surface area (TPSA) is 111 Å². The number of aliphatic carboxylic acids is 1. The van der Waals surface area contributed by atoms with Crippen LogP contribution in [0.3, 0.4) is 0 Å². The maximum atomic E-state index is 12.1. The van der Waals surface area contributed by atoms with Gasteiger partial charge in [-0.05, 0) is 57.5 Å². The lowest BCUT2D eigenvalue weighted by Gasteiger charge is -2.42. The molecule has 27 heavy (non-hydrogen) atoms. The van der Waals surface area contributed by atoms with Gasteiger partial charge >= 0.3 is 12.0 Å². The van der Waals surface area contributed by atoms with Crippen molar-refractivity contribution in [2.24, 2.45) is 0 Å². The van der Waals surface area contributed by atoms with E-state index >= 15 is 0 Å². The van der Waals surface area contributed by atoms with Crippen LogP contribution in [0.25, 0.3) is 0 Å². The number of hydrogen-bond acceptors (Lipinski definition) is 4. The van der Waals surface area contributed by atoms with Gasteiger partial charge in [0.25, 0.3) is 5.91 Å². The number of carbonyl (C=O) groups is 3. The SMILES string of the molecule is CCN(CC(=O)O)C1CC(NC(=O)Nc2ccc(C(=O)NC(C)C)cc2)C1. The third kappa shape index (κ3) is 6.25. The summed E-state index contributed by atoms with van der Waals surface area (Å²) in [4.78, 5) is 36.8. The van der Waals surface area contributed by atoms with E-state index in [4.69, 9.17) is 5.11 Å². The van der Waals surface area contributed by atoms with E-state index in [-0.39, 0.29) is 36.6 Å². The lowest BCUT2D eigenvalue weighted by Crippen LogP contribution is -2.55. The number of carbonyl (C=O) groups excluding carboxylic acids is 2. The molecular formula is C19H28N4O4. The molecule has 3 amide bonds. The number of carboxylic acids is 1. The molecule has 1 saturated carbocycles. The molecule has 8 heteroatoms. The van der Waals surface area contributed by atoms with Gasteiger partial charge in [-0.25, -0.2) is 4.79 Å². The Labute approximate surface area is 159 Å². The van der Waals surface area contributed by atoms with E-state index in [1.165, 1.54) is 0 Å². The number of likely N-dealkylation sites (N-methyl/N-ethyl adjacent to an activating group) is 1. The first-order valence-electron chi connectivity index (χ1n) is 9.22. The summed E-state index contributed by atoms with van der Waals surface area (Å²) in [6, 6.07) is 6.68. The molecule has 0 bridgehead atoms. The van der Waals surface area contributed by atoms with Crippen LogP contribution in [0, 0.1) is 0 Å². The predicted octanol–water partition coefficient (Wildman–Crippen LogP) is 1.88. The number of nitrogens with zero attached hydrogens (tertiary/aromatic N) is 1. The van der Waals surface area contributed by atoms with Crippen molar-refractivity contribution < 1.29 is 19.5 Å². The molecule has 4 N–H and O–H groups in total. The molecule has 0 aromatic heterocycles. The standard InChI is InChI=1S/C19H28N4O4/c1-4-23(11-17(24)25)16-9-15(10-16)22-19(27)21-14-7-5-13(6-8-14)18(26)20-12(2)3/h5-8,12,15-16H,4,9-11H2,1-3H3,(H,20,26)(H,24,25)(H2,21,22,27). The van der Waals surface area contributed by atoms with Crippen LogP contribution in [0.15, 0.2) is 24.3 Å². The minimum atomic E-state index is -0.837. The third-order valence-corrected chi connectivity index (χ3v) is 4.53. The first-order chi connectivity index (χ1) is 12.8. The quantitative estimate of drug-likeness (QED) is 0.554. The Hall–Kier alpha value is -2.61. The third-order valence-electron chi connectivity index (χ3n) is 4.53. The zero-order valence-corrected chi connectivity index (χ0v) is 16.0. The highest BCUT2D eigenvalue weighted by molar-refractivity contribution is 5.95. The number of benzene rings is 1. The smallest absolute Gasteiger partial charge is 0.319 e. The fraction of sp³-hybridized carbons (Fsp3) is 0.526. The number of anilines is 1. The van der Waals surface area contributed by atoms with E-state index in [9.17, 15) is 14.4 Å². The molecule has 1 fully saturated rings. The first-order valence-corrected chi connectivity index (χ1v) is 9.22. The highest BCUT2D eigenvalue weighted by Crippen LogP contribution is 2.25. The average Bonchev–Trinajstić information content (AvgIpc) is 2.55. The van der Waals surface area contributed by atoms with Gasteiger partial charge in [0.1, 0.15) is 0 Å². The van der Waals surface area contributed by atoms with Gasteiger partial charge in [0.15, 0.2) is 0 Å². The molecule has 0 aliphatic heterocycles. The van der Waals surface area contributed by atoms with Crippen molar-refractivity contribution in [3.05, 3.63) is 29.8 Å². The Morgan fingerprint density at radius 1 is 1.19 bits per heavy atom. The van der Waals surface area contributed by atoms with Crippen molar-refractivity contribution in [1.29, 1.82) is 0 Å². The summed E-state index contributed by atoms with van der Waals surface area (Å²) in [6.07, 6.45) is 1.48. The van der Waals surface area contributed by atoms with Gasteiger partial charge < -0.3 is 21.1 Å². The van der Waals surface area contributed by atoms with Crippen molar-refractivity contribution in [2.45, 2.75) is 51.7 Å². The van der Waals surface area contributed by atoms with E-state index in [0.29, 0.717) is 17.8 Å². The number of nitrogens with one attached hydrogen (secondary N) is 3. The predicted molar refractivity (Wildman–Crippen MR) is 103 cm³/mol. The second-order valence-corrected chi connectivity index (χ2v) is 7.08. The van der Waals surface area contributed by atoms with Gasteiger partial charge in [-0.3, -0.25) is 14.5 Å². The van der Waals surface area contributed by atoms with Crippen molar-refractivity contribution in [3.63, 3.8) is 0 Å². The van der Waals surface area contributed by atoms with E-state index in [1.54, 1.807) is 24.3 Å². The molecule has 148 valence electrons. The van der Waals surface area contributed by atoms with Gasteiger partial charge in [0.05, 0.1) is 6.54 Å². The second-order valence-electron chi connectivity index (χ2n) is 7.08. The summed E-state index contributed by atoms with van der Waals surface area (Å²) in [5, 5.41) is 17.4. The lowest BCUT2D eigenvalue weighted by molar-refractivity contribution is -0.139. The normalized spacial score (nSPS) is 18.7. The Morgan fingerprint density at radius 3 is 2.33 bits per heavy atom. The second kappa shape index (κ2) is 9.36. The summed E-state index contributed by atoms with van der Waals surface area (Å²) < 4.78 is 0. The Bertz CT molecular complexity index is 669. The van der Waals surface area contributed by atoms with E-state index in [0.717, 1.165) is 12.8 Å². The minimum absolute atomic E-state index is 0.0246. The van der Waals surface area contributed by atoms with Crippen LogP contribution in [-0.2, 0) is 4.79 Å². The van der Waals surface area contributed by atoms with E-state index in [1.807, 2.05) is 25.7 Å². The number of urea groups is 1. The summed E-state index contributed by atoms with van der Waals surface area (Å²) in [5.74, 6) is -0.986. The first kappa shape index (κ1) is 20.7. The molecule has 0 radical (unpaired) electrons. The molecule has 0 spiro atoms. The van der Waals surface area contributed by atoms with Crippen LogP contribution in [0.4, 0.5) is 10.5 Å². The molecule has 0 unspecified atom stereocenters. The fourth-order valence-corrected chi connectivity index (χ4v) is 3.08. The lowest BCUT2D eigenvalue weighted by atomic mass is 9.85. The van der Waals surface area contributed by atoms with Crippen LogP contribution >= 0.6 is 0 Å². The minimum Gasteiger partial charge on any atom is -0.480 e. The zero-order chi connectivity index (χ0) is 20.0. The molecule has 1 aliphatic carbocycles. The van der Waals surface area contributed by atoms with E-state index in [2.05, 4.69) is 16.0 Å². The fourth-order valence-electron chi connectivity index (χ4n) is 3.08. The Morgan fingerprint density at radius 2 is 1.81 bits per heavy atom. The Kier molecular flexibility index (Phi) is 7.18. The van der Waals surface area contributed by atoms with Crippen LogP contribution in [0.2, 0.25) is 0 Å². The molecule has 1 aromatic rings. The number of rotatable bonds is 8. The molecule has 1 aliphatic rings. The van der Waals surface area contributed by atoms with Gasteiger partial charge in [-0.1, -0.05) is 6.92 Å². The van der Waals surface area contributed by atoms with Crippen LogP contribution in [0.5, 0.6) is 0 Å². The van der Waals surface area contributed by atoms with Gasteiger partial charge in [0.2, 0.25) is 0 Å². The summed E-state index contributed by atoms with van der Waals surface area (Å²) in [7, 11) is 0. The highest BCUT2D eigenvalue weighted by Gasteiger charge is 2.34. The zero-order valence-electron chi connectivity index (χ0n) is 16.0. The highest BCUT2D eigenvalue weighted by atomic mass is 16.4. The number of amides is 3. The van der Waals surface area contributed by atoms with Crippen LogP contribution in [-0.4, -0.2) is 59.1 Å². The number of hydrogen-bond donors (Lipinski definition) is 4. The summed E-state index contributed by atoms with van der Waals surface area (Å²) >= 11 is 0.